The second kappa shape index (κ2) is 8.58. The first-order chi connectivity index (χ1) is 13.0. The average molecular weight is 393 g/mol. The molecule has 3 fully saturated rings. The normalized spacial score (nSPS) is 45.3. The van der Waals surface area contributed by atoms with Gasteiger partial charge in [-0.1, -0.05) is 52.4 Å². The van der Waals surface area contributed by atoms with Crippen molar-refractivity contribution in [2.24, 2.45) is 35.0 Å². The second-order valence-corrected chi connectivity index (χ2v) is 12.3. The highest BCUT2D eigenvalue weighted by Crippen LogP contribution is 2.60. The van der Waals surface area contributed by atoms with Gasteiger partial charge >= 0.3 is 0 Å². The van der Waals surface area contributed by atoms with Gasteiger partial charge in [0.05, 0.1) is 11.2 Å². The van der Waals surface area contributed by atoms with Crippen molar-refractivity contribution in [3.8, 4) is 0 Å². The molecule has 0 spiro atoms. The molecule has 164 valence electrons. The molecule has 0 saturated heterocycles. The molecule has 0 radical (unpaired) electrons. The Morgan fingerprint density at radius 3 is 2.43 bits per heavy atom. The molecule has 28 heavy (non-hydrogen) atoms. The van der Waals surface area contributed by atoms with E-state index in [1.165, 1.54) is 64.2 Å². The van der Waals surface area contributed by atoms with E-state index in [9.17, 15) is 10.2 Å². The number of hydrogen-bond donors (Lipinski definition) is 2. The zero-order chi connectivity index (χ0) is 20.6. The first-order valence-electron chi connectivity index (χ1n) is 12.4. The summed E-state index contributed by atoms with van der Waals surface area (Å²) in [6, 6.07) is 0. The number of fused-ring (bicyclic) bond motifs is 3. The maximum Gasteiger partial charge on any atom is 0.0622 e. The van der Waals surface area contributed by atoms with Crippen LogP contribution in [0.15, 0.2) is 0 Å². The van der Waals surface area contributed by atoms with Crippen LogP contribution in [-0.4, -0.2) is 21.4 Å². The van der Waals surface area contributed by atoms with Crippen molar-refractivity contribution in [3.05, 3.63) is 0 Å². The van der Waals surface area contributed by atoms with Crippen LogP contribution in [-0.2, 0) is 0 Å². The summed E-state index contributed by atoms with van der Waals surface area (Å²) in [7, 11) is 0. The molecular weight excluding hydrogens is 344 g/mol. The average Bonchev–Trinajstić information content (AvgIpc) is 2.65. The summed E-state index contributed by atoms with van der Waals surface area (Å²) >= 11 is 0. The third-order valence-corrected chi connectivity index (χ3v) is 9.32. The van der Waals surface area contributed by atoms with Crippen LogP contribution in [0.25, 0.3) is 0 Å². The van der Waals surface area contributed by atoms with Gasteiger partial charge in [0.1, 0.15) is 0 Å². The zero-order valence-corrected chi connectivity index (χ0v) is 19.5. The van der Waals surface area contributed by atoms with Crippen LogP contribution in [0.1, 0.15) is 118 Å². The monoisotopic (exact) mass is 392 g/mol. The molecule has 7 atom stereocenters. The summed E-state index contributed by atoms with van der Waals surface area (Å²) in [6.45, 7) is 11.1. The lowest BCUT2D eigenvalue weighted by molar-refractivity contribution is -0.118. The molecule has 0 amide bonds. The quantitative estimate of drug-likeness (QED) is 0.557. The molecule has 3 aliphatic carbocycles. The Labute approximate surface area is 174 Å². The topological polar surface area (TPSA) is 40.5 Å². The minimum atomic E-state index is -0.507. The van der Waals surface area contributed by atoms with Crippen molar-refractivity contribution >= 4 is 0 Å². The highest BCUT2D eigenvalue weighted by Gasteiger charge is 2.53. The van der Waals surface area contributed by atoms with E-state index in [0.717, 1.165) is 48.9 Å². The summed E-state index contributed by atoms with van der Waals surface area (Å²) in [5.74, 6) is 4.21. The first-order valence-corrected chi connectivity index (χ1v) is 12.4. The fourth-order valence-corrected chi connectivity index (χ4v) is 7.43. The van der Waals surface area contributed by atoms with Crippen LogP contribution < -0.4 is 0 Å². The van der Waals surface area contributed by atoms with Gasteiger partial charge in [-0.05, 0) is 101 Å². The summed E-state index contributed by atoms with van der Waals surface area (Å²) in [5, 5.41) is 20.7. The maximum absolute atomic E-state index is 10.7. The third-order valence-electron chi connectivity index (χ3n) is 9.32. The Morgan fingerprint density at radius 1 is 0.964 bits per heavy atom. The summed E-state index contributed by atoms with van der Waals surface area (Å²) in [4.78, 5) is 0. The van der Waals surface area contributed by atoms with E-state index in [4.69, 9.17) is 0 Å². The maximum atomic E-state index is 10.7. The van der Waals surface area contributed by atoms with Gasteiger partial charge < -0.3 is 10.2 Å². The predicted octanol–water partition coefficient (Wildman–Crippen LogP) is 6.73. The van der Waals surface area contributed by atoms with Gasteiger partial charge in [0.25, 0.3) is 0 Å². The Balaban J connectivity index is 1.65. The minimum absolute atomic E-state index is 0.424. The van der Waals surface area contributed by atoms with E-state index in [1.807, 2.05) is 13.8 Å². The Morgan fingerprint density at radius 2 is 1.71 bits per heavy atom. The lowest BCUT2D eigenvalue weighted by Crippen LogP contribution is -2.51. The molecule has 0 aromatic rings. The van der Waals surface area contributed by atoms with Gasteiger partial charge in [-0.2, -0.15) is 0 Å². The number of aliphatic hydroxyl groups is 2. The Kier molecular flexibility index (Phi) is 6.92. The first kappa shape index (κ1) is 22.6. The van der Waals surface area contributed by atoms with Gasteiger partial charge in [-0.25, -0.2) is 0 Å². The molecule has 0 aromatic heterocycles. The van der Waals surface area contributed by atoms with Crippen LogP contribution in [0.3, 0.4) is 0 Å². The molecular formula is C26H48O2. The number of hydrogen-bond acceptors (Lipinski definition) is 2. The van der Waals surface area contributed by atoms with Gasteiger partial charge in [0, 0.05) is 0 Å². The van der Waals surface area contributed by atoms with Crippen LogP contribution in [0.2, 0.25) is 0 Å². The third kappa shape index (κ3) is 5.34. The molecule has 2 heteroatoms. The number of rotatable bonds is 4. The van der Waals surface area contributed by atoms with Crippen molar-refractivity contribution in [2.45, 2.75) is 129 Å². The van der Waals surface area contributed by atoms with E-state index < -0.39 is 11.2 Å². The second-order valence-electron chi connectivity index (χ2n) is 12.3. The molecule has 0 heterocycles. The highest BCUT2D eigenvalue weighted by atomic mass is 16.3. The van der Waals surface area contributed by atoms with Crippen LogP contribution >= 0.6 is 0 Å². The zero-order valence-electron chi connectivity index (χ0n) is 19.5. The lowest BCUT2D eigenvalue weighted by atomic mass is 9.48. The molecule has 0 bridgehead atoms. The molecule has 2 nitrogen and oxygen atoms in total. The predicted molar refractivity (Wildman–Crippen MR) is 118 cm³/mol. The fraction of sp³-hybridized carbons (Fsp3) is 1.00. The lowest BCUT2D eigenvalue weighted by Gasteiger charge is -2.57. The molecule has 2 N–H and O–H groups in total. The van der Waals surface area contributed by atoms with E-state index in [1.54, 1.807) is 0 Å². The largest absolute Gasteiger partial charge is 0.390 e. The van der Waals surface area contributed by atoms with E-state index in [2.05, 4.69) is 20.8 Å². The van der Waals surface area contributed by atoms with E-state index in [0.29, 0.717) is 5.41 Å². The summed E-state index contributed by atoms with van der Waals surface area (Å²) in [6.07, 6.45) is 16.4. The molecule has 7 unspecified atom stereocenters. The van der Waals surface area contributed by atoms with Crippen LogP contribution in [0.4, 0.5) is 0 Å². The summed E-state index contributed by atoms with van der Waals surface area (Å²) < 4.78 is 0. The molecule has 3 aliphatic rings. The van der Waals surface area contributed by atoms with Crippen LogP contribution in [0.5, 0.6) is 0 Å². The molecule has 3 rings (SSSR count). The van der Waals surface area contributed by atoms with Crippen molar-refractivity contribution in [2.75, 3.05) is 0 Å². The highest BCUT2D eigenvalue weighted by molar-refractivity contribution is 5.03. The van der Waals surface area contributed by atoms with Crippen molar-refractivity contribution in [1.82, 2.24) is 0 Å². The Hall–Kier alpha value is -0.0800. The van der Waals surface area contributed by atoms with E-state index >= 15 is 0 Å². The van der Waals surface area contributed by atoms with E-state index in [-0.39, 0.29) is 0 Å². The van der Waals surface area contributed by atoms with Gasteiger partial charge in [-0.3, -0.25) is 0 Å². The SMILES string of the molecule is CC1CCC(CCCC(C)(C)O)CCCC2C1CCC1CC(C)(O)CCC12C. The fourth-order valence-electron chi connectivity index (χ4n) is 7.43. The summed E-state index contributed by atoms with van der Waals surface area (Å²) in [5.41, 5.74) is -0.473. The Bertz CT molecular complexity index is 505. The molecule has 0 aromatic carbocycles. The van der Waals surface area contributed by atoms with Gasteiger partial charge in [0.15, 0.2) is 0 Å². The molecule has 0 aliphatic heterocycles. The minimum Gasteiger partial charge on any atom is -0.390 e. The van der Waals surface area contributed by atoms with Gasteiger partial charge in [-0.15, -0.1) is 0 Å². The van der Waals surface area contributed by atoms with Crippen molar-refractivity contribution in [3.63, 3.8) is 0 Å². The standard InChI is InChI=1S/C26H48O2/c1-19-11-12-20(9-7-15-24(2,3)27)8-6-10-23-22(19)14-13-21-18-25(4,28)16-17-26(21,23)5/h19-23,27-28H,6-18H2,1-5H3. The smallest absolute Gasteiger partial charge is 0.0622 e. The van der Waals surface area contributed by atoms with Crippen LogP contribution in [0, 0.1) is 35.0 Å². The molecule has 3 saturated carbocycles. The van der Waals surface area contributed by atoms with Crippen molar-refractivity contribution < 1.29 is 10.2 Å². The van der Waals surface area contributed by atoms with Gasteiger partial charge in [0.2, 0.25) is 0 Å². The van der Waals surface area contributed by atoms with Crippen molar-refractivity contribution in [1.29, 1.82) is 0 Å².